The lowest BCUT2D eigenvalue weighted by Gasteiger charge is -1.89. The van der Waals surface area contributed by atoms with E-state index in [1.165, 1.54) is 11.1 Å². The van der Waals surface area contributed by atoms with Gasteiger partial charge in [0.2, 0.25) is 0 Å². The number of halogens is 1. The van der Waals surface area contributed by atoms with Crippen LogP contribution in [0.3, 0.4) is 0 Å². The van der Waals surface area contributed by atoms with Crippen LogP contribution in [-0.4, -0.2) is 4.98 Å². The summed E-state index contributed by atoms with van der Waals surface area (Å²) < 4.78 is 1.03. The summed E-state index contributed by atoms with van der Waals surface area (Å²) in [6, 6.07) is 12.3. The van der Waals surface area contributed by atoms with Crippen molar-refractivity contribution in [3.05, 3.63) is 51.9 Å². The van der Waals surface area contributed by atoms with Gasteiger partial charge in [-0.1, -0.05) is 18.2 Å². The van der Waals surface area contributed by atoms with Crippen LogP contribution in [0, 0.1) is 15.9 Å². The Labute approximate surface area is 103 Å². The number of terminal acetylenes is 1. The Kier molecular flexibility index (Phi) is 3.02. The smallest absolute Gasteiger partial charge is 0.126 e. The Bertz CT molecular complexity index is 509. The number of hydrogen-bond acceptors (Lipinski definition) is 1. The fourth-order valence-electron chi connectivity index (χ4n) is 1.17. The number of rotatable bonds is 0. The summed E-state index contributed by atoms with van der Waals surface area (Å²) in [6.07, 6.45) is 6.83. The number of nitrogens with zero attached hydrogens (tertiary/aromatic N) is 1. The van der Waals surface area contributed by atoms with Gasteiger partial charge in [-0.05, 0) is 57.8 Å². The summed E-state index contributed by atoms with van der Waals surface area (Å²) in [7, 11) is 0. The van der Waals surface area contributed by atoms with Gasteiger partial charge in [-0.2, -0.15) is 0 Å². The summed E-state index contributed by atoms with van der Waals surface area (Å²) in [5.41, 5.74) is 3.57. The maximum atomic E-state index is 5.13. The molecule has 0 aromatic carbocycles. The molecule has 2 aliphatic rings. The van der Waals surface area contributed by atoms with Crippen molar-refractivity contribution in [1.29, 1.82) is 0 Å². The minimum absolute atomic E-state index is 0.720. The standard InChI is InChI=1S/C7H4IN.C6H4/c1-2-7-6(8)4-3-5-9-7;1-2-5-4-6(5)3-1/h1,3-5H;1-4H. The SMILES string of the molecule is C#Cc1ncccc1I.c1cc2cc-2c1. The highest BCUT2D eigenvalue weighted by Gasteiger charge is 2.06. The lowest BCUT2D eigenvalue weighted by Crippen LogP contribution is -1.83. The molecule has 0 fully saturated rings. The molecule has 2 aliphatic carbocycles. The average Bonchev–Trinajstić information content (AvgIpc) is 2.87. The van der Waals surface area contributed by atoms with E-state index < -0.39 is 0 Å². The maximum absolute atomic E-state index is 5.13. The predicted octanol–water partition coefficient (Wildman–Crippen LogP) is 3.33. The Morgan fingerprint density at radius 3 is 2.20 bits per heavy atom. The third kappa shape index (κ3) is 2.57. The van der Waals surface area contributed by atoms with Crippen LogP contribution in [0.25, 0.3) is 11.1 Å². The van der Waals surface area contributed by atoms with Crippen LogP contribution < -0.4 is 0 Å². The van der Waals surface area contributed by atoms with Gasteiger partial charge in [0, 0.05) is 9.77 Å². The van der Waals surface area contributed by atoms with E-state index in [0.29, 0.717) is 0 Å². The lowest BCUT2D eigenvalue weighted by molar-refractivity contribution is 1.27. The first-order valence-electron chi connectivity index (χ1n) is 4.49. The third-order valence-electron chi connectivity index (χ3n) is 2.01. The largest absolute Gasteiger partial charge is 0.247 e. The summed E-state index contributed by atoms with van der Waals surface area (Å²) in [5.74, 6) is 2.48. The van der Waals surface area contributed by atoms with E-state index in [1.807, 2.05) is 12.1 Å². The van der Waals surface area contributed by atoms with Gasteiger partial charge in [-0.3, -0.25) is 0 Å². The van der Waals surface area contributed by atoms with E-state index in [4.69, 9.17) is 6.42 Å². The summed E-state index contributed by atoms with van der Waals surface area (Å²) in [5, 5.41) is 0. The van der Waals surface area contributed by atoms with Crippen molar-refractivity contribution in [1.82, 2.24) is 4.98 Å². The zero-order valence-electron chi connectivity index (χ0n) is 7.94. The van der Waals surface area contributed by atoms with E-state index in [2.05, 4.69) is 57.8 Å². The van der Waals surface area contributed by atoms with Crippen LogP contribution in [0.4, 0.5) is 0 Å². The molecule has 1 aromatic heterocycles. The van der Waals surface area contributed by atoms with Gasteiger partial charge in [0.15, 0.2) is 0 Å². The van der Waals surface area contributed by atoms with Crippen molar-refractivity contribution in [2.24, 2.45) is 0 Å². The van der Waals surface area contributed by atoms with Gasteiger partial charge in [-0.15, -0.1) is 6.42 Å². The number of hydrogen-bond donors (Lipinski definition) is 0. The first-order chi connectivity index (χ1) is 7.31. The predicted molar refractivity (Wildman–Crippen MR) is 70.3 cm³/mol. The molecule has 1 heterocycles. The molecule has 0 aliphatic heterocycles. The lowest BCUT2D eigenvalue weighted by atomic mass is 10.4. The first kappa shape index (κ1) is 10.2. The molecule has 0 bridgehead atoms. The molecule has 1 nitrogen and oxygen atoms in total. The fourth-order valence-corrected chi connectivity index (χ4v) is 1.67. The van der Waals surface area contributed by atoms with Crippen LogP contribution in [-0.2, 0) is 0 Å². The summed E-state index contributed by atoms with van der Waals surface area (Å²) in [4.78, 5) is 3.95. The Hall–Kier alpha value is -1.34. The van der Waals surface area contributed by atoms with Gasteiger partial charge in [-0.25, -0.2) is 4.98 Å². The number of benzene rings is 1. The Morgan fingerprint density at radius 2 is 1.87 bits per heavy atom. The van der Waals surface area contributed by atoms with Gasteiger partial charge in [0.05, 0.1) is 0 Å². The molecule has 0 amide bonds. The van der Waals surface area contributed by atoms with Gasteiger partial charge in [0.1, 0.15) is 5.69 Å². The minimum Gasteiger partial charge on any atom is -0.247 e. The van der Waals surface area contributed by atoms with Crippen molar-refractivity contribution in [2.45, 2.75) is 0 Å². The summed E-state index contributed by atoms with van der Waals surface area (Å²) in [6.45, 7) is 0. The van der Waals surface area contributed by atoms with E-state index in [0.717, 1.165) is 9.26 Å². The monoisotopic (exact) mass is 305 g/mol. The Morgan fingerprint density at radius 1 is 1.13 bits per heavy atom. The van der Waals surface area contributed by atoms with Crippen LogP contribution in [0.2, 0.25) is 0 Å². The molecule has 3 rings (SSSR count). The normalized spacial score (nSPS) is 9.60. The fraction of sp³-hybridized carbons (Fsp3) is 0. The number of pyridine rings is 1. The zero-order chi connectivity index (χ0) is 10.7. The molecule has 1 aromatic rings. The zero-order valence-corrected chi connectivity index (χ0v) is 10.1. The summed E-state index contributed by atoms with van der Waals surface area (Å²) >= 11 is 2.16. The van der Waals surface area contributed by atoms with Gasteiger partial charge >= 0.3 is 0 Å². The van der Waals surface area contributed by atoms with Crippen LogP contribution in [0.5, 0.6) is 0 Å². The molecular weight excluding hydrogens is 297 g/mol. The quantitative estimate of drug-likeness (QED) is 0.458. The molecule has 15 heavy (non-hydrogen) atoms. The molecule has 2 heteroatoms. The number of aromatic nitrogens is 1. The molecule has 72 valence electrons. The second-order valence-corrected chi connectivity index (χ2v) is 4.22. The molecule has 0 unspecified atom stereocenters. The Balaban J connectivity index is 0.000000121. The first-order valence-corrected chi connectivity index (χ1v) is 5.56. The highest BCUT2D eigenvalue weighted by atomic mass is 127. The van der Waals surface area contributed by atoms with Gasteiger partial charge < -0.3 is 0 Å². The minimum atomic E-state index is 0.720. The highest BCUT2D eigenvalue weighted by molar-refractivity contribution is 14.1. The molecule has 0 radical (unpaired) electrons. The van der Waals surface area contributed by atoms with Crippen molar-refractivity contribution >= 4 is 22.6 Å². The van der Waals surface area contributed by atoms with E-state index >= 15 is 0 Å². The second-order valence-electron chi connectivity index (χ2n) is 3.06. The molecule has 0 atom stereocenters. The average molecular weight is 305 g/mol. The molecule has 0 spiro atoms. The maximum Gasteiger partial charge on any atom is 0.126 e. The second kappa shape index (κ2) is 4.45. The third-order valence-corrected chi connectivity index (χ3v) is 2.88. The van der Waals surface area contributed by atoms with Crippen LogP contribution in [0.1, 0.15) is 5.69 Å². The van der Waals surface area contributed by atoms with Crippen molar-refractivity contribution in [3.8, 4) is 23.5 Å². The molecule has 0 saturated heterocycles. The van der Waals surface area contributed by atoms with Crippen molar-refractivity contribution < 1.29 is 0 Å². The van der Waals surface area contributed by atoms with Gasteiger partial charge in [0.25, 0.3) is 0 Å². The van der Waals surface area contributed by atoms with E-state index in [9.17, 15) is 0 Å². The number of fused-ring (bicyclic) bond motifs is 1. The van der Waals surface area contributed by atoms with Crippen LogP contribution in [0.15, 0.2) is 42.6 Å². The van der Waals surface area contributed by atoms with Crippen molar-refractivity contribution in [2.75, 3.05) is 0 Å². The van der Waals surface area contributed by atoms with Crippen LogP contribution >= 0.6 is 22.6 Å². The van der Waals surface area contributed by atoms with E-state index in [-0.39, 0.29) is 0 Å². The molecule has 0 saturated carbocycles. The molecular formula is C13H8IN. The highest BCUT2D eigenvalue weighted by Crippen LogP contribution is 2.32. The molecule has 0 N–H and O–H groups in total. The van der Waals surface area contributed by atoms with Crippen molar-refractivity contribution in [3.63, 3.8) is 0 Å². The van der Waals surface area contributed by atoms with E-state index in [1.54, 1.807) is 6.20 Å². The topological polar surface area (TPSA) is 12.9 Å².